The first kappa shape index (κ1) is 21.0. The predicted octanol–water partition coefficient (Wildman–Crippen LogP) is 4.21. The molecule has 0 fully saturated rings. The SMILES string of the molecule is CC[C@@H](C(=O)NC(C)C)N(Cc1ccc(Cl)cc1)C(=O)Cc1ccccc1. The highest BCUT2D eigenvalue weighted by molar-refractivity contribution is 6.30. The summed E-state index contributed by atoms with van der Waals surface area (Å²) < 4.78 is 0. The fourth-order valence-electron chi connectivity index (χ4n) is 2.96. The van der Waals surface area contributed by atoms with E-state index in [0.717, 1.165) is 11.1 Å². The van der Waals surface area contributed by atoms with Gasteiger partial charge >= 0.3 is 0 Å². The standard InChI is InChI=1S/C22H27ClN2O2/c1-4-20(22(27)24-16(2)3)25(15-18-10-12-19(23)13-11-18)21(26)14-17-8-6-5-7-9-17/h5-13,16,20H,4,14-15H2,1-3H3,(H,24,27)/t20-/m0/s1. The molecule has 0 aliphatic rings. The minimum Gasteiger partial charge on any atom is -0.352 e. The number of carbonyl (C=O) groups excluding carboxylic acids is 2. The Kier molecular flexibility index (Phi) is 7.86. The van der Waals surface area contributed by atoms with Gasteiger partial charge in [0.2, 0.25) is 11.8 Å². The van der Waals surface area contributed by atoms with Crippen molar-refractivity contribution >= 4 is 23.4 Å². The van der Waals surface area contributed by atoms with Gasteiger partial charge in [0.1, 0.15) is 6.04 Å². The van der Waals surface area contributed by atoms with E-state index in [2.05, 4.69) is 5.32 Å². The second-order valence-electron chi connectivity index (χ2n) is 6.90. The lowest BCUT2D eigenvalue weighted by atomic mass is 10.1. The predicted molar refractivity (Wildman–Crippen MR) is 110 cm³/mol. The zero-order chi connectivity index (χ0) is 19.8. The van der Waals surface area contributed by atoms with Crippen LogP contribution in [-0.4, -0.2) is 28.8 Å². The van der Waals surface area contributed by atoms with Gasteiger partial charge < -0.3 is 10.2 Å². The van der Waals surface area contributed by atoms with Gasteiger partial charge in [-0.1, -0.05) is 61.0 Å². The van der Waals surface area contributed by atoms with Crippen LogP contribution in [0, 0.1) is 0 Å². The molecule has 4 nitrogen and oxygen atoms in total. The first-order valence-electron chi connectivity index (χ1n) is 9.29. The van der Waals surface area contributed by atoms with Crippen LogP contribution in [0.5, 0.6) is 0 Å². The number of nitrogens with zero attached hydrogens (tertiary/aromatic N) is 1. The number of halogens is 1. The Balaban J connectivity index is 2.26. The molecule has 2 rings (SSSR count). The monoisotopic (exact) mass is 386 g/mol. The van der Waals surface area contributed by atoms with Crippen LogP contribution in [-0.2, 0) is 22.6 Å². The minimum absolute atomic E-state index is 0.0214. The van der Waals surface area contributed by atoms with Gasteiger partial charge in [-0.3, -0.25) is 9.59 Å². The Morgan fingerprint density at radius 2 is 1.63 bits per heavy atom. The highest BCUT2D eigenvalue weighted by atomic mass is 35.5. The molecule has 0 aliphatic carbocycles. The summed E-state index contributed by atoms with van der Waals surface area (Å²) in [5.74, 6) is -0.190. The fraction of sp³-hybridized carbons (Fsp3) is 0.364. The third kappa shape index (κ3) is 6.40. The van der Waals surface area contributed by atoms with Crippen LogP contribution in [0.2, 0.25) is 5.02 Å². The molecule has 144 valence electrons. The summed E-state index contributed by atoms with van der Waals surface area (Å²) >= 11 is 5.97. The molecule has 2 aromatic rings. The average Bonchev–Trinajstić information content (AvgIpc) is 2.63. The molecule has 5 heteroatoms. The van der Waals surface area contributed by atoms with Crippen LogP contribution in [0.3, 0.4) is 0 Å². The van der Waals surface area contributed by atoms with E-state index in [1.165, 1.54) is 0 Å². The molecular weight excluding hydrogens is 360 g/mol. The van der Waals surface area contributed by atoms with E-state index in [9.17, 15) is 9.59 Å². The molecule has 27 heavy (non-hydrogen) atoms. The van der Waals surface area contributed by atoms with Gasteiger partial charge in [-0.15, -0.1) is 0 Å². The lowest BCUT2D eigenvalue weighted by Gasteiger charge is -2.31. The largest absolute Gasteiger partial charge is 0.352 e. The number of rotatable bonds is 8. The fourth-order valence-corrected chi connectivity index (χ4v) is 3.08. The van der Waals surface area contributed by atoms with E-state index >= 15 is 0 Å². The third-order valence-electron chi connectivity index (χ3n) is 4.28. The quantitative estimate of drug-likeness (QED) is 0.738. The normalized spacial score (nSPS) is 11.9. The zero-order valence-corrected chi connectivity index (χ0v) is 16.9. The molecule has 0 unspecified atom stereocenters. The van der Waals surface area contributed by atoms with Crippen molar-refractivity contribution in [2.24, 2.45) is 0 Å². The van der Waals surface area contributed by atoms with Crippen LogP contribution < -0.4 is 5.32 Å². The highest BCUT2D eigenvalue weighted by Crippen LogP contribution is 2.17. The summed E-state index contributed by atoms with van der Waals surface area (Å²) in [6.45, 7) is 6.13. The van der Waals surface area contributed by atoms with Crippen molar-refractivity contribution in [3.05, 3.63) is 70.7 Å². The Morgan fingerprint density at radius 3 is 2.19 bits per heavy atom. The van der Waals surface area contributed by atoms with Gasteiger partial charge in [-0.05, 0) is 43.5 Å². The second kappa shape index (κ2) is 10.1. The first-order valence-corrected chi connectivity index (χ1v) is 9.66. The van der Waals surface area contributed by atoms with Crippen LogP contribution in [0.15, 0.2) is 54.6 Å². The van der Waals surface area contributed by atoms with Crippen molar-refractivity contribution in [2.45, 2.75) is 52.2 Å². The number of hydrogen-bond acceptors (Lipinski definition) is 2. The first-order chi connectivity index (χ1) is 12.9. The van der Waals surface area contributed by atoms with Gasteiger partial charge in [0.05, 0.1) is 6.42 Å². The summed E-state index contributed by atoms with van der Waals surface area (Å²) in [5, 5.41) is 3.58. The van der Waals surface area contributed by atoms with E-state index < -0.39 is 6.04 Å². The molecule has 2 amide bonds. The zero-order valence-electron chi connectivity index (χ0n) is 16.1. The van der Waals surface area contributed by atoms with Crippen molar-refractivity contribution in [3.63, 3.8) is 0 Å². The second-order valence-corrected chi connectivity index (χ2v) is 7.33. The third-order valence-corrected chi connectivity index (χ3v) is 4.53. The van der Waals surface area contributed by atoms with Gasteiger partial charge in [0.15, 0.2) is 0 Å². The van der Waals surface area contributed by atoms with E-state index in [1.807, 2.05) is 63.2 Å². The summed E-state index contributed by atoms with van der Waals surface area (Å²) in [6, 6.07) is 16.5. The van der Waals surface area contributed by atoms with Gasteiger partial charge in [-0.2, -0.15) is 0 Å². The molecule has 0 radical (unpaired) electrons. The van der Waals surface area contributed by atoms with Gasteiger partial charge in [0, 0.05) is 17.6 Å². The molecule has 1 N–H and O–H groups in total. The molecule has 0 saturated carbocycles. The van der Waals surface area contributed by atoms with Crippen LogP contribution in [0.1, 0.15) is 38.3 Å². The Morgan fingerprint density at radius 1 is 1.00 bits per heavy atom. The van der Waals surface area contributed by atoms with Crippen LogP contribution in [0.25, 0.3) is 0 Å². The maximum Gasteiger partial charge on any atom is 0.243 e. The Bertz CT molecular complexity index is 745. The molecule has 0 heterocycles. The Labute approximate surface area is 166 Å². The van der Waals surface area contributed by atoms with Crippen molar-refractivity contribution in [2.75, 3.05) is 0 Å². The van der Waals surface area contributed by atoms with Crippen molar-refractivity contribution in [1.82, 2.24) is 10.2 Å². The van der Waals surface area contributed by atoms with Crippen molar-refractivity contribution in [1.29, 1.82) is 0 Å². The molecular formula is C22H27ClN2O2. The van der Waals surface area contributed by atoms with Gasteiger partial charge in [0.25, 0.3) is 0 Å². The van der Waals surface area contributed by atoms with Crippen LogP contribution >= 0.6 is 11.6 Å². The number of benzene rings is 2. The molecule has 0 aromatic heterocycles. The lowest BCUT2D eigenvalue weighted by Crippen LogP contribution is -2.50. The molecule has 2 aromatic carbocycles. The topological polar surface area (TPSA) is 49.4 Å². The maximum absolute atomic E-state index is 13.1. The summed E-state index contributed by atoms with van der Waals surface area (Å²) in [4.78, 5) is 27.5. The lowest BCUT2D eigenvalue weighted by molar-refractivity contribution is -0.141. The number of carbonyl (C=O) groups is 2. The maximum atomic E-state index is 13.1. The molecule has 1 atom stereocenters. The highest BCUT2D eigenvalue weighted by Gasteiger charge is 2.28. The number of hydrogen-bond donors (Lipinski definition) is 1. The summed E-state index contributed by atoms with van der Waals surface area (Å²) in [6.07, 6.45) is 0.812. The molecule has 0 saturated heterocycles. The minimum atomic E-state index is -0.515. The summed E-state index contributed by atoms with van der Waals surface area (Å²) in [7, 11) is 0. The van der Waals surface area contributed by atoms with E-state index in [0.29, 0.717) is 18.0 Å². The molecule has 0 spiro atoms. The van der Waals surface area contributed by atoms with Gasteiger partial charge in [-0.25, -0.2) is 0 Å². The van der Waals surface area contributed by atoms with E-state index in [-0.39, 0.29) is 24.3 Å². The molecule has 0 aliphatic heterocycles. The van der Waals surface area contributed by atoms with E-state index in [1.54, 1.807) is 17.0 Å². The number of amides is 2. The average molecular weight is 387 g/mol. The smallest absolute Gasteiger partial charge is 0.243 e. The molecule has 0 bridgehead atoms. The van der Waals surface area contributed by atoms with Crippen molar-refractivity contribution < 1.29 is 9.59 Å². The van der Waals surface area contributed by atoms with Crippen molar-refractivity contribution in [3.8, 4) is 0 Å². The number of nitrogens with one attached hydrogen (secondary N) is 1. The van der Waals surface area contributed by atoms with Crippen LogP contribution in [0.4, 0.5) is 0 Å². The van der Waals surface area contributed by atoms with E-state index in [4.69, 9.17) is 11.6 Å². The Hall–Kier alpha value is -2.33. The summed E-state index contributed by atoms with van der Waals surface area (Å²) in [5.41, 5.74) is 1.87.